The van der Waals surface area contributed by atoms with E-state index in [0.29, 0.717) is 0 Å². The Labute approximate surface area is 102 Å². The van der Waals surface area contributed by atoms with Gasteiger partial charge in [-0.25, -0.2) is 0 Å². The lowest BCUT2D eigenvalue weighted by atomic mass is 10.0. The summed E-state index contributed by atoms with van der Waals surface area (Å²) in [6, 6.07) is 16.4. The van der Waals surface area contributed by atoms with Crippen molar-refractivity contribution in [2.24, 2.45) is 0 Å². The molecule has 0 fully saturated rings. The van der Waals surface area contributed by atoms with E-state index in [4.69, 9.17) is 4.74 Å². The molecule has 0 aliphatic heterocycles. The highest BCUT2D eigenvalue weighted by atomic mass is 16.5. The zero-order valence-corrected chi connectivity index (χ0v) is 10.2. The lowest BCUT2D eigenvalue weighted by Gasteiger charge is -2.10. The third-order valence-corrected chi connectivity index (χ3v) is 2.66. The maximum Gasteiger partial charge on any atom is 0.126 e. The number of hydrogen-bond acceptors (Lipinski definition) is 2. The first kappa shape index (κ1) is 11.5. The standard InChI is InChI=1S/C15H17NO/c1-3-16-13-8-6-7-12(11-13)14-9-4-5-10-15(14)17-2/h4-11,16H,3H2,1-2H3. The van der Waals surface area contributed by atoms with Crippen LogP contribution in [0.4, 0.5) is 5.69 Å². The molecule has 17 heavy (non-hydrogen) atoms. The number of nitrogens with one attached hydrogen (secondary N) is 1. The molecule has 0 aliphatic rings. The maximum absolute atomic E-state index is 5.38. The Kier molecular flexibility index (Phi) is 3.66. The number of hydrogen-bond donors (Lipinski definition) is 1. The Bertz CT molecular complexity index is 494. The van der Waals surface area contributed by atoms with Gasteiger partial charge in [-0.15, -0.1) is 0 Å². The van der Waals surface area contributed by atoms with Crippen molar-refractivity contribution in [2.45, 2.75) is 6.92 Å². The van der Waals surface area contributed by atoms with Crippen LogP contribution >= 0.6 is 0 Å². The van der Waals surface area contributed by atoms with E-state index in [2.05, 4.69) is 42.6 Å². The van der Waals surface area contributed by atoms with Gasteiger partial charge in [0.05, 0.1) is 7.11 Å². The molecule has 0 unspecified atom stereocenters. The van der Waals surface area contributed by atoms with Crippen LogP contribution in [0, 0.1) is 0 Å². The number of anilines is 1. The molecule has 0 aliphatic carbocycles. The summed E-state index contributed by atoms with van der Waals surface area (Å²) in [5.41, 5.74) is 3.42. The molecule has 88 valence electrons. The molecule has 1 N–H and O–H groups in total. The molecular formula is C15H17NO. The van der Waals surface area contributed by atoms with Crippen LogP contribution in [0.1, 0.15) is 6.92 Å². The minimum Gasteiger partial charge on any atom is -0.496 e. The van der Waals surface area contributed by atoms with Crippen LogP contribution in [-0.2, 0) is 0 Å². The lowest BCUT2D eigenvalue weighted by molar-refractivity contribution is 0.416. The van der Waals surface area contributed by atoms with Crippen LogP contribution in [-0.4, -0.2) is 13.7 Å². The topological polar surface area (TPSA) is 21.3 Å². The van der Waals surface area contributed by atoms with E-state index in [0.717, 1.165) is 23.5 Å². The van der Waals surface area contributed by atoms with E-state index in [1.807, 2.05) is 18.2 Å². The molecule has 0 heterocycles. The zero-order chi connectivity index (χ0) is 12.1. The lowest BCUT2D eigenvalue weighted by Crippen LogP contribution is -1.96. The highest BCUT2D eigenvalue weighted by Crippen LogP contribution is 2.30. The molecule has 0 aromatic heterocycles. The van der Waals surface area contributed by atoms with E-state index < -0.39 is 0 Å². The van der Waals surface area contributed by atoms with Crippen LogP contribution in [0.2, 0.25) is 0 Å². The smallest absolute Gasteiger partial charge is 0.126 e. The second kappa shape index (κ2) is 5.39. The first-order chi connectivity index (χ1) is 8.35. The molecule has 2 aromatic carbocycles. The van der Waals surface area contributed by atoms with Crippen molar-refractivity contribution < 1.29 is 4.74 Å². The van der Waals surface area contributed by atoms with Gasteiger partial charge in [-0.3, -0.25) is 0 Å². The second-order valence-corrected chi connectivity index (χ2v) is 3.81. The van der Waals surface area contributed by atoms with Gasteiger partial charge in [-0.05, 0) is 30.7 Å². The summed E-state index contributed by atoms with van der Waals surface area (Å²) in [5, 5.41) is 3.31. The minimum atomic E-state index is 0.904. The van der Waals surface area contributed by atoms with Gasteiger partial charge in [0.1, 0.15) is 5.75 Å². The molecular weight excluding hydrogens is 210 g/mol. The van der Waals surface area contributed by atoms with Crippen molar-refractivity contribution in [3.8, 4) is 16.9 Å². The van der Waals surface area contributed by atoms with E-state index in [1.165, 1.54) is 5.56 Å². The van der Waals surface area contributed by atoms with Gasteiger partial charge in [0.15, 0.2) is 0 Å². The molecule has 0 saturated heterocycles. The van der Waals surface area contributed by atoms with E-state index in [-0.39, 0.29) is 0 Å². The number of methoxy groups -OCH3 is 1. The molecule has 2 nitrogen and oxygen atoms in total. The zero-order valence-electron chi connectivity index (χ0n) is 10.2. The third-order valence-electron chi connectivity index (χ3n) is 2.66. The summed E-state index contributed by atoms with van der Waals surface area (Å²) in [6.07, 6.45) is 0. The second-order valence-electron chi connectivity index (χ2n) is 3.81. The first-order valence-corrected chi connectivity index (χ1v) is 5.82. The molecule has 0 atom stereocenters. The van der Waals surface area contributed by atoms with Gasteiger partial charge in [-0.2, -0.15) is 0 Å². The summed E-state index contributed by atoms with van der Waals surface area (Å²) in [4.78, 5) is 0. The van der Waals surface area contributed by atoms with E-state index in [9.17, 15) is 0 Å². The Hall–Kier alpha value is -1.96. The quantitative estimate of drug-likeness (QED) is 0.858. The summed E-state index contributed by atoms with van der Waals surface area (Å²) >= 11 is 0. The summed E-state index contributed by atoms with van der Waals surface area (Å²) in [7, 11) is 1.70. The third kappa shape index (κ3) is 2.59. The fraction of sp³-hybridized carbons (Fsp3) is 0.200. The fourth-order valence-electron chi connectivity index (χ4n) is 1.88. The highest BCUT2D eigenvalue weighted by molar-refractivity contribution is 5.73. The van der Waals surface area contributed by atoms with Gasteiger partial charge in [-0.1, -0.05) is 30.3 Å². The average Bonchev–Trinajstić information content (AvgIpc) is 2.39. The van der Waals surface area contributed by atoms with Gasteiger partial charge in [0.25, 0.3) is 0 Å². The SMILES string of the molecule is CCNc1cccc(-c2ccccc2OC)c1. The first-order valence-electron chi connectivity index (χ1n) is 5.82. The van der Waals surface area contributed by atoms with Crippen molar-refractivity contribution in [3.63, 3.8) is 0 Å². The average molecular weight is 227 g/mol. The predicted molar refractivity (Wildman–Crippen MR) is 72.6 cm³/mol. The van der Waals surface area contributed by atoms with Crippen molar-refractivity contribution in [1.29, 1.82) is 0 Å². The molecule has 2 aromatic rings. The van der Waals surface area contributed by atoms with Crippen LogP contribution in [0.3, 0.4) is 0 Å². The van der Waals surface area contributed by atoms with Gasteiger partial charge >= 0.3 is 0 Å². The van der Waals surface area contributed by atoms with Crippen molar-refractivity contribution in [3.05, 3.63) is 48.5 Å². The van der Waals surface area contributed by atoms with Crippen LogP contribution < -0.4 is 10.1 Å². The predicted octanol–water partition coefficient (Wildman–Crippen LogP) is 3.79. The molecule has 2 rings (SSSR count). The van der Waals surface area contributed by atoms with Gasteiger partial charge in [0, 0.05) is 17.8 Å². The Balaban J connectivity index is 2.41. The molecule has 0 spiro atoms. The van der Waals surface area contributed by atoms with Gasteiger partial charge in [0.2, 0.25) is 0 Å². The normalized spacial score (nSPS) is 10.0. The Morgan fingerprint density at radius 2 is 1.88 bits per heavy atom. The minimum absolute atomic E-state index is 0.904. The van der Waals surface area contributed by atoms with E-state index in [1.54, 1.807) is 7.11 Å². The monoisotopic (exact) mass is 227 g/mol. The number of para-hydroxylation sites is 1. The number of rotatable bonds is 4. The molecule has 0 radical (unpaired) electrons. The molecule has 0 saturated carbocycles. The Morgan fingerprint density at radius 3 is 2.65 bits per heavy atom. The number of benzene rings is 2. The molecule has 0 bridgehead atoms. The van der Waals surface area contributed by atoms with Crippen molar-refractivity contribution in [1.82, 2.24) is 0 Å². The Morgan fingerprint density at radius 1 is 1.06 bits per heavy atom. The highest BCUT2D eigenvalue weighted by Gasteiger charge is 2.04. The maximum atomic E-state index is 5.38. The number of ether oxygens (including phenoxy) is 1. The summed E-state index contributed by atoms with van der Waals surface area (Å²) in [6.45, 7) is 3.02. The van der Waals surface area contributed by atoms with Crippen LogP contribution in [0.5, 0.6) is 5.75 Å². The fourth-order valence-corrected chi connectivity index (χ4v) is 1.88. The van der Waals surface area contributed by atoms with Crippen LogP contribution in [0.15, 0.2) is 48.5 Å². The van der Waals surface area contributed by atoms with Crippen molar-refractivity contribution in [2.75, 3.05) is 19.0 Å². The molecule has 2 heteroatoms. The van der Waals surface area contributed by atoms with E-state index >= 15 is 0 Å². The van der Waals surface area contributed by atoms with Crippen LogP contribution in [0.25, 0.3) is 11.1 Å². The largest absolute Gasteiger partial charge is 0.496 e. The summed E-state index contributed by atoms with van der Waals surface area (Å²) in [5.74, 6) is 0.904. The summed E-state index contributed by atoms with van der Waals surface area (Å²) < 4.78 is 5.38. The molecule has 0 amide bonds. The van der Waals surface area contributed by atoms with Gasteiger partial charge < -0.3 is 10.1 Å². The van der Waals surface area contributed by atoms with Crippen molar-refractivity contribution >= 4 is 5.69 Å².